The minimum absolute atomic E-state index is 0.508. The van der Waals surface area contributed by atoms with E-state index < -0.39 is 0 Å². The Morgan fingerprint density at radius 2 is 1.65 bits per heavy atom. The molecule has 0 aromatic heterocycles. The minimum atomic E-state index is 0.508. The van der Waals surface area contributed by atoms with E-state index in [4.69, 9.17) is 0 Å². The Balaban J connectivity index is 2.00. The zero-order chi connectivity index (χ0) is 14.2. The first-order valence-corrected chi connectivity index (χ1v) is 8.43. The summed E-state index contributed by atoms with van der Waals surface area (Å²) >= 11 is 0. The maximum absolute atomic E-state index is 3.63. The van der Waals surface area contributed by atoms with Crippen LogP contribution in [0.3, 0.4) is 0 Å². The predicted octanol–water partition coefficient (Wildman–Crippen LogP) is 4.52. The van der Waals surface area contributed by atoms with Gasteiger partial charge in [-0.1, -0.05) is 38.8 Å². The van der Waals surface area contributed by atoms with Crippen LogP contribution in [0.2, 0.25) is 0 Å². The topological polar surface area (TPSA) is 15.3 Å². The van der Waals surface area contributed by atoms with Crippen LogP contribution in [0.1, 0.15) is 64.0 Å². The zero-order valence-corrected chi connectivity index (χ0v) is 13.2. The Kier molecular flexibility index (Phi) is 6.38. The normalized spacial score (nSPS) is 17.8. The lowest BCUT2D eigenvalue weighted by atomic mass is 10.0. The van der Waals surface area contributed by atoms with Crippen molar-refractivity contribution in [2.24, 2.45) is 0 Å². The molecular weight excluding hydrogens is 244 g/mol. The number of rotatable bonds is 6. The van der Waals surface area contributed by atoms with E-state index in [0.717, 1.165) is 13.0 Å². The second-order valence-electron chi connectivity index (χ2n) is 5.91. The number of hydrogen-bond donors (Lipinski definition) is 1. The molecule has 2 nitrogen and oxygen atoms in total. The molecule has 1 aromatic rings. The molecule has 0 bridgehead atoms. The third-order valence-corrected chi connectivity index (χ3v) is 4.32. The molecule has 1 aliphatic rings. The maximum atomic E-state index is 3.63. The molecule has 1 heterocycles. The summed E-state index contributed by atoms with van der Waals surface area (Å²) in [6.45, 7) is 8.04. The van der Waals surface area contributed by atoms with E-state index in [-0.39, 0.29) is 0 Å². The summed E-state index contributed by atoms with van der Waals surface area (Å²) in [5.74, 6) is 0. The van der Waals surface area contributed by atoms with E-state index in [0.29, 0.717) is 6.04 Å². The highest BCUT2D eigenvalue weighted by Gasteiger charge is 2.11. The zero-order valence-electron chi connectivity index (χ0n) is 13.2. The van der Waals surface area contributed by atoms with Crippen molar-refractivity contribution in [3.05, 3.63) is 29.8 Å². The van der Waals surface area contributed by atoms with Gasteiger partial charge in [0, 0.05) is 24.8 Å². The monoisotopic (exact) mass is 274 g/mol. The molecule has 1 N–H and O–H groups in total. The molecule has 0 radical (unpaired) electrons. The SMILES string of the molecule is CCCNC(CC)c1ccc(N2CCCCCC2)cc1. The lowest BCUT2D eigenvalue weighted by molar-refractivity contribution is 0.518. The molecule has 1 unspecified atom stereocenters. The molecule has 0 aliphatic carbocycles. The lowest BCUT2D eigenvalue weighted by Gasteiger charge is -2.24. The smallest absolute Gasteiger partial charge is 0.0366 e. The van der Waals surface area contributed by atoms with Gasteiger partial charge in [0.15, 0.2) is 0 Å². The standard InChI is InChI=1S/C18H30N2/c1-3-13-19-18(4-2)16-9-11-17(12-10-16)20-14-7-5-6-8-15-20/h9-12,18-19H,3-8,13-15H2,1-2H3. The second kappa shape index (κ2) is 8.31. The third kappa shape index (κ3) is 4.24. The molecule has 0 amide bonds. The van der Waals surface area contributed by atoms with Crippen LogP contribution < -0.4 is 10.2 Å². The third-order valence-electron chi connectivity index (χ3n) is 4.32. The van der Waals surface area contributed by atoms with Crippen molar-refractivity contribution in [3.8, 4) is 0 Å². The Bertz CT molecular complexity index is 364. The van der Waals surface area contributed by atoms with E-state index in [1.807, 2.05) is 0 Å². The summed E-state index contributed by atoms with van der Waals surface area (Å²) in [5, 5.41) is 3.63. The summed E-state index contributed by atoms with van der Waals surface area (Å²) in [6.07, 6.45) is 7.83. The molecule has 1 saturated heterocycles. The molecule has 1 atom stereocenters. The first kappa shape index (κ1) is 15.4. The van der Waals surface area contributed by atoms with Crippen LogP contribution in [-0.2, 0) is 0 Å². The van der Waals surface area contributed by atoms with Crippen LogP contribution in [0, 0.1) is 0 Å². The highest BCUT2D eigenvalue weighted by molar-refractivity contribution is 5.48. The highest BCUT2D eigenvalue weighted by atomic mass is 15.1. The van der Waals surface area contributed by atoms with E-state index in [2.05, 4.69) is 48.3 Å². The second-order valence-corrected chi connectivity index (χ2v) is 5.91. The van der Waals surface area contributed by atoms with Gasteiger partial charge in [-0.15, -0.1) is 0 Å². The fraction of sp³-hybridized carbons (Fsp3) is 0.667. The Morgan fingerprint density at radius 3 is 2.20 bits per heavy atom. The molecule has 2 heteroatoms. The number of benzene rings is 1. The molecule has 20 heavy (non-hydrogen) atoms. The Labute approximate surface area is 124 Å². The van der Waals surface area contributed by atoms with Gasteiger partial charge in [-0.25, -0.2) is 0 Å². The van der Waals surface area contributed by atoms with Crippen LogP contribution in [0.15, 0.2) is 24.3 Å². The molecule has 2 rings (SSSR count). The van der Waals surface area contributed by atoms with E-state index in [1.54, 1.807) is 0 Å². The van der Waals surface area contributed by atoms with Crippen LogP contribution in [-0.4, -0.2) is 19.6 Å². The highest BCUT2D eigenvalue weighted by Crippen LogP contribution is 2.23. The molecule has 112 valence electrons. The van der Waals surface area contributed by atoms with Crippen molar-refractivity contribution < 1.29 is 0 Å². The molecule has 1 fully saturated rings. The quantitative estimate of drug-likeness (QED) is 0.820. The van der Waals surface area contributed by atoms with Gasteiger partial charge in [-0.05, 0) is 49.9 Å². The number of nitrogens with one attached hydrogen (secondary N) is 1. The Morgan fingerprint density at radius 1 is 1.00 bits per heavy atom. The first-order valence-electron chi connectivity index (χ1n) is 8.43. The van der Waals surface area contributed by atoms with Crippen molar-refractivity contribution in [2.45, 2.75) is 58.4 Å². The summed E-state index contributed by atoms with van der Waals surface area (Å²) in [5.41, 5.74) is 2.83. The van der Waals surface area contributed by atoms with Crippen molar-refractivity contribution in [1.82, 2.24) is 5.32 Å². The molecular formula is C18H30N2. The van der Waals surface area contributed by atoms with Gasteiger partial charge in [-0.2, -0.15) is 0 Å². The van der Waals surface area contributed by atoms with Crippen molar-refractivity contribution in [1.29, 1.82) is 0 Å². The van der Waals surface area contributed by atoms with Crippen LogP contribution in [0.4, 0.5) is 5.69 Å². The largest absolute Gasteiger partial charge is 0.372 e. The van der Waals surface area contributed by atoms with Gasteiger partial charge >= 0.3 is 0 Å². The van der Waals surface area contributed by atoms with Gasteiger partial charge in [0.25, 0.3) is 0 Å². The number of anilines is 1. The van der Waals surface area contributed by atoms with Crippen LogP contribution in [0.5, 0.6) is 0 Å². The summed E-state index contributed by atoms with van der Waals surface area (Å²) in [7, 11) is 0. The van der Waals surface area contributed by atoms with Gasteiger partial charge in [0.05, 0.1) is 0 Å². The fourth-order valence-electron chi connectivity index (χ4n) is 3.06. The van der Waals surface area contributed by atoms with E-state index in [9.17, 15) is 0 Å². The molecule has 0 saturated carbocycles. The van der Waals surface area contributed by atoms with Gasteiger partial charge in [0.2, 0.25) is 0 Å². The lowest BCUT2D eigenvalue weighted by Crippen LogP contribution is -2.24. The van der Waals surface area contributed by atoms with Crippen molar-refractivity contribution >= 4 is 5.69 Å². The molecule has 1 aromatic carbocycles. The van der Waals surface area contributed by atoms with E-state index >= 15 is 0 Å². The van der Waals surface area contributed by atoms with Crippen LogP contribution >= 0.6 is 0 Å². The summed E-state index contributed by atoms with van der Waals surface area (Å²) in [6, 6.07) is 9.77. The first-order chi connectivity index (χ1) is 9.85. The van der Waals surface area contributed by atoms with Crippen molar-refractivity contribution in [2.75, 3.05) is 24.5 Å². The van der Waals surface area contributed by atoms with Gasteiger partial charge < -0.3 is 10.2 Å². The number of nitrogens with zero attached hydrogens (tertiary/aromatic N) is 1. The average Bonchev–Trinajstić information content (AvgIpc) is 2.78. The van der Waals surface area contributed by atoms with E-state index in [1.165, 1.54) is 56.4 Å². The fourth-order valence-corrected chi connectivity index (χ4v) is 3.06. The average molecular weight is 274 g/mol. The summed E-state index contributed by atoms with van der Waals surface area (Å²) in [4.78, 5) is 2.55. The summed E-state index contributed by atoms with van der Waals surface area (Å²) < 4.78 is 0. The van der Waals surface area contributed by atoms with Gasteiger partial charge in [0.1, 0.15) is 0 Å². The predicted molar refractivity (Wildman–Crippen MR) is 88.4 cm³/mol. The minimum Gasteiger partial charge on any atom is -0.372 e. The van der Waals surface area contributed by atoms with Crippen molar-refractivity contribution in [3.63, 3.8) is 0 Å². The maximum Gasteiger partial charge on any atom is 0.0366 e. The molecule has 0 spiro atoms. The van der Waals surface area contributed by atoms with Crippen LogP contribution in [0.25, 0.3) is 0 Å². The number of hydrogen-bond acceptors (Lipinski definition) is 2. The van der Waals surface area contributed by atoms with Gasteiger partial charge in [-0.3, -0.25) is 0 Å². The Hall–Kier alpha value is -1.02. The molecule has 1 aliphatic heterocycles.